The van der Waals surface area contributed by atoms with E-state index in [1.807, 2.05) is 0 Å². The van der Waals surface area contributed by atoms with Gasteiger partial charge in [0, 0.05) is 5.92 Å². The number of hydrogen-bond donors (Lipinski definition) is 4. The van der Waals surface area contributed by atoms with E-state index in [4.69, 9.17) is 33.2 Å². The molecule has 4 rings (SSSR count). The lowest BCUT2D eigenvalue weighted by molar-refractivity contribution is -0.406. The lowest BCUT2D eigenvalue weighted by Gasteiger charge is -2.51. The van der Waals surface area contributed by atoms with Crippen LogP contribution in [0.3, 0.4) is 0 Å². The van der Waals surface area contributed by atoms with Gasteiger partial charge in [-0.05, 0) is 27.7 Å². The van der Waals surface area contributed by atoms with E-state index in [0.717, 1.165) is 0 Å². The molecule has 30 heavy (non-hydrogen) atoms. The molecule has 4 fully saturated rings. The van der Waals surface area contributed by atoms with Crippen molar-refractivity contribution in [3.05, 3.63) is 0 Å². The van der Waals surface area contributed by atoms with Gasteiger partial charge in [-0.1, -0.05) is 0 Å². The summed E-state index contributed by atoms with van der Waals surface area (Å²) in [5.41, 5.74) is 0. The van der Waals surface area contributed by atoms with Crippen LogP contribution in [0.25, 0.3) is 0 Å². The normalized spacial score (nSPS) is 50.8. The summed E-state index contributed by atoms with van der Waals surface area (Å²) in [6.45, 7) is 6.52. The molecule has 0 aromatic heterocycles. The van der Waals surface area contributed by atoms with Gasteiger partial charge in [-0.3, -0.25) is 0 Å². The number of aliphatic hydroxyl groups excluding tert-OH is 4. The topological polar surface area (TPSA) is 146 Å². The molecule has 4 aliphatic rings. The van der Waals surface area contributed by atoms with Crippen LogP contribution in [-0.2, 0) is 33.2 Å². The van der Waals surface area contributed by atoms with Crippen molar-refractivity contribution in [1.29, 1.82) is 0 Å². The lowest BCUT2D eigenvalue weighted by Crippen LogP contribution is -2.67. The molecule has 174 valence electrons. The fourth-order valence-corrected chi connectivity index (χ4v) is 4.42. The molecule has 0 radical (unpaired) electrons. The third-order valence-corrected chi connectivity index (χ3v) is 5.98. The average molecular weight is 436 g/mol. The summed E-state index contributed by atoms with van der Waals surface area (Å²) < 4.78 is 40.9. The van der Waals surface area contributed by atoms with Crippen LogP contribution in [-0.4, -0.2) is 107 Å². The number of hydrogen-bond acceptors (Lipinski definition) is 11. The van der Waals surface area contributed by atoms with Gasteiger partial charge < -0.3 is 53.6 Å². The summed E-state index contributed by atoms with van der Waals surface area (Å²) in [6.07, 6.45) is -9.15. The zero-order valence-corrected chi connectivity index (χ0v) is 17.5. The van der Waals surface area contributed by atoms with Crippen molar-refractivity contribution in [3.8, 4) is 0 Å². The first-order valence-electron chi connectivity index (χ1n) is 10.3. The van der Waals surface area contributed by atoms with Crippen molar-refractivity contribution >= 4 is 0 Å². The molecule has 0 bridgehead atoms. The molecule has 0 aromatic carbocycles. The molecule has 4 heterocycles. The van der Waals surface area contributed by atoms with E-state index in [0.29, 0.717) is 0 Å². The Labute approximate surface area is 174 Å². The molecule has 4 aliphatic heterocycles. The van der Waals surface area contributed by atoms with Crippen LogP contribution < -0.4 is 0 Å². The van der Waals surface area contributed by atoms with Crippen molar-refractivity contribution in [2.75, 3.05) is 19.8 Å². The Hall–Kier alpha value is -0.440. The van der Waals surface area contributed by atoms with Gasteiger partial charge in [-0.25, -0.2) is 0 Å². The molecule has 0 aliphatic carbocycles. The summed E-state index contributed by atoms with van der Waals surface area (Å²) >= 11 is 0. The standard InChI is InChI=1S/C19H32O11/c1-18(2)24-6-8-11(21)16(23)26-9(5-20)13(8)28-17-15(30-18)12(22)14-10(27-17)7-25-19(3,4)29-14/h8-17,20-23H,5-7H2,1-4H3/t8-,9-,10-,11-,12+,13+,14-,15-,16?,17-/m1/s1. The first kappa shape index (κ1) is 22.7. The second-order valence-electron chi connectivity index (χ2n) is 9.12. The van der Waals surface area contributed by atoms with Gasteiger partial charge in [0.2, 0.25) is 0 Å². The Kier molecular flexibility index (Phi) is 6.19. The Balaban J connectivity index is 1.64. The highest BCUT2D eigenvalue weighted by atomic mass is 16.8. The van der Waals surface area contributed by atoms with Gasteiger partial charge in [0.1, 0.15) is 36.6 Å². The van der Waals surface area contributed by atoms with Crippen LogP contribution in [0.2, 0.25) is 0 Å². The van der Waals surface area contributed by atoms with Gasteiger partial charge in [0.05, 0.1) is 25.9 Å². The van der Waals surface area contributed by atoms with Crippen LogP contribution >= 0.6 is 0 Å². The molecule has 0 amide bonds. The fourth-order valence-electron chi connectivity index (χ4n) is 4.42. The van der Waals surface area contributed by atoms with Gasteiger partial charge in [-0.2, -0.15) is 0 Å². The maximum absolute atomic E-state index is 11.1. The Morgan fingerprint density at radius 3 is 2.07 bits per heavy atom. The second kappa shape index (κ2) is 8.16. The Morgan fingerprint density at radius 1 is 0.767 bits per heavy atom. The first-order chi connectivity index (χ1) is 14.0. The summed E-state index contributed by atoms with van der Waals surface area (Å²) in [6, 6.07) is 0. The predicted octanol–water partition coefficient (Wildman–Crippen LogP) is -1.55. The minimum atomic E-state index is -1.50. The molecule has 11 heteroatoms. The van der Waals surface area contributed by atoms with Crippen LogP contribution in [0.15, 0.2) is 0 Å². The highest BCUT2D eigenvalue weighted by Crippen LogP contribution is 2.39. The summed E-state index contributed by atoms with van der Waals surface area (Å²) in [5.74, 6) is -2.80. The van der Waals surface area contributed by atoms with E-state index in [2.05, 4.69) is 0 Å². The Morgan fingerprint density at radius 2 is 1.40 bits per heavy atom. The smallest absolute Gasteiger partial charge is 0.187 e. The number of ether oxygens (including phenoxy) is 7. The van der Waals surface area contributed by atoms with Crippen LogP contribution in [0.1, 0.15) is 27.7 Å². The van der Waals surface area contributed by atoms with Gasteiger partial charge in [0.25, 0.3) is 0 Å². The molecule has 11 nitrogen and oxygen atoms in total. The summed E-state index contributed by atoms with van der Waals surface area (Å²) in [5, 5.41) is 41.4. The first-order valence-corrected chi connectivity index (χ1v) is 10.3. The molecule has 0 saturated carbocycles. The van der Waals surface area contributed by atoms with E-state index in [1.54, 1.807) is 27.7 Å². The van der Waals surface area contributed by atoms with Crippen LogP contribution in [0.4, 0.5) is 0 Å². The average Bonchev–Trinajstić information content (AvgIpc) is 2.72. The van der Waals surface area contributed by atoms with E-state index >= 15 is 0 Å². The molecule has 4 N–H and O–H groups in total. The van der Waals surface area contributed by atoms with Crippen molar-refractivity contribution in [1.82, 2.24) is 0 Å². The molecule has 4 saturated heterocycles. The zero-order chi connectivity index (χ0) is 21.8. The zero-order valence-electron chi connectivity index (χ0n) is 17.5. The van der Waals surface area contributed by atoms with Gasteiger partial charge in [0.15, 0.2) is 24.2 Å². The molecular formula is C19H32O11. The minimum absolute atomic E-state index is 0.0369. The molecule has 1 unspecified atom stereocenters. The largest absolute Gasteiger partial charge is 0.394 e. The summed E-state index contributed by atoms with van der Waals surface area (Å²) in [4.78, 5) is 0. The maximum atomic E-state index is 11.1. The van der Waals surface area contributed by atoms with Gasteiger partial charge in [-0.15, -0.1) is 0 Å². The van der Waals surface area contributed by atoms with Crippen LogP contribution in [0.5, 0.6) is 0 Å². The molecule has 10 atom stereocenters. The maximum Gasteiger partial charge on any atom is 0.187 e. The highest BCUT2D eigenvalue weighted by molar-refractivity contribution is 4.97. The molecular weight excluding hydrogens is 404 g/mol. The molecule has 0 spiro atoms. The van der Waals surface area contributed by atoms with E-state index in [9.17, 15) is 20.4 Å². The number of rotatable bonds is 1. The number of fused-ring (bicyclic) bond motifs is 3. The monoisotopic (exact) mass is 436 g/mol. The van der Waals surface area contributed by atoms with Crippen molar-refractivity contribution in [2.45, 2.75) is 94.6 Å². The van der Waals surface area contributed by atoms with Crippen molar-refractivity contribution in [2.24, 2.45) is 5.92 Å². The van der Waals surface area contributed by atoms with E-state index in [1.165, 1.54) is 0 Å². The van der Waals surface area contributed by atoms with Crippen LogP contribution in [0, 0.1) is 5.92 Å². The van der Waals surface area contributed by atoms with Crippen molar-refractivity contribution in [3.63, 3.8) is 0 Å². The Bertz CT molecular complexity index is 613. The third kappa shape index (κ3) is 4.26. The third-order valence-electron chi connectivity index (χ3n) is 5.98. The van der Waals surface area contributed by atoms with Crippen molar-refractivity contribution < 1.29 is 53.6 Å². The fraction of sp³-hybridized carbons (Fsp3) is 1.00. The number of aliphatic hydroxyl groups is 4. The molecule has 0 aromatic rings. The highest BCUT2D eigenvalue weighted by Gasteiger charge is 2.56. The quantitative estimate of drug-likeness (QED) is 0.379. The van der Waals surface area contributed by atoms with E-state index in [-0.39, 0.29) is 13.2 Å². The van der Waals surface area contributed by atoms with E-state index < -0.39 is 79.4 Å². The predicted molar refractivity (Wildman–Crippen MR) is 96.8 cm³/mol. The minimum Gasteiger partial charge on any atom is -0.394 e. The second-order valence-corrected chi connectivity index (χ2v) is 9.12. The van der Waals surface area contributed by atoms with Gasteiger partial charge >= 0.3 is 0 Å². The lowest BCUT2D eigenvalue weighted by atomic mass is 9.89. The SMILES string of the molecule is CC1(C)OC[C@H]2[C@H](O[C@H]3O[C@@H]4COC(C)(C)O[C@H]4[C@H](O)[C@H]3O1)[C@@H](CO)OC(O)[C@@H]2O. The summed E-state index contributed by atoms with van der Waals surface area (Å²) in [7, 11) is 0.